The van der Waals surface area contributed by atoms with Crippen molar-refractivity contribution >= 4 is 41.8 Å². The van der Waals surface area contributed by atoms with Crippen molar-refractivity contribution in [2.45, 2.75) is 4.90 Å². The molecule has 0 aliphatic carbocycles. The van der Waals surface area contributed by atoms with Crippen molar-refractivity contribution in [1.29, 1.82) is 0 Å². The van der Waals surface area contributed by atoms with Crippen molar-refractivity contribution in [2.24, 2.45) is 0 Å². The van der Waals surface area contributed by atoms with Gasteiger partial charge < -0.3 is 4.74 Å². The molecular weight excluding hydrogens is 293 g/mol. The number of nitrogens with zero attached hydrogens (tertiary/aromatic N) is 1. The third kappa shape index (κ3) is 3.38. The van der Waals surface area contributed by atoms with Crippen LogP contribution in [0.15, 0.2) is 41.3 Å². The third-order valence-electron chi connectivity index (χ3n) is 2.05. The Morgan fingerprint density at radius 3 is 2.22 bits per heavy atom. The minimum Gasteiger partial charge on any atom is -0.423 e. The molecule has 0 aliphatic rings. The van der Waals surface area contributed by atoms with Gasteiger partial charge in [-0.3, -0.25) is 0 Å². The second kappa shape index (κ2) is 5.61. The zero-order chi connectivity index (χ0) is 13.1. The highest BCUT2D eigenvalue weighted by Crippen LogP contribution is 2.19. The van der Waals surface area contributed by atoms with E-state index >= 15 is 0 Å². The number of hydrogen-bond donors (Lipinski definition) is 1. The molecule has 1 heterocycles. The molecule has 0 saturated heterocycles. The zero-order valence-corrected chi connectivity index (χ0v) is 11.3. The summed E-state index contributed by atoms with van der Waals surface area (Å²) in [6.45, 7) is 0. The second-order valence-corrected chi connectivity index (χ2v) is 4.68. The maximum absolute atomic E-state index is 11.8. The number of esters is 1. The number of ether oxygens (including phenoxy) is 1. The van der Waals surface area contributed by atoms with Gasteiger partial charge in [-0.05, 0) is 36.4 Å². The average molecular weight is 300 g/mol. The quantitative estimate of drug-likeness (QED) is 0.396. The maximum atomic E-state index is 11.8. The molecule has 0 spiro atoms. The maximum Gasteiger partial charge on any atom is 0.343 e. The van der Waals surface area contributed by atoms with Crippen LogP contribution in [-0.4, -0.2) is 11.0 Å². The number of hydrogen-bond acceptors (Lipinski definition) is 4. The minimum absolute atomic E-state index is 0.139. The zero-order valence-electron chi connectivity index (χ0n) is 8.93. The van der Waals surface area contributed by atoms with Gasteiger partial charge >= 0.3 is 5.97 Å². The summed E-state index contributed by atoms with van der Waals surface area (Å²) in [7, 11) is 0. The van der Waals surface area contributed by atoms with Crippen LogP contribution in [0.5, 0.6) is 5.75 Å². The van der Waals surface area contributed by atoms with Crippen LogP contribution < -0.4 is 4.74 Å². The number of rotatable bonds is 2. The van der Waals surface area contributed by atoms with Gasteiger partial charge in [0, 0.05) is 4.90 Å². The molecule has 0 amide bonds. The third-order valence-corrected chi connectivity index (χ3v) is 2.73. The van der Waals surface area contributed by atoms with E-state index in [1.165, 1.54) is 12.1 Å². The summed E-state index contributed by atoms with van der Waals surface area (Å²) in [4.78, 5) is 16.3. The first-order valence-corrected chi connectivity index (χ1v) is 6.09. The molecule has 0 bridgehead atoms. The first-order chi connectivity index (χ1) is 8.54. The smallest absolute Gasteiger partial charge is 0.343 e. The Morgan fingerprint density at radius 2 is 1.67 bits per heavy atom. The molecule has 0 saturated carbocycles. The van der Waals surface area contributed by atoms with Gasteiger partial charge in [0.1, 0.15) is 16.1 Å². The molecule has 18 heavy (non-hydrogen) atoms. The molecule has 92 valence electrons. The lowest BCUT2D eigenvalue weighted by Crippen LogP contribution is -2.08. The topological polar surface area (TPSA) is 39.2 Å². The van der Waals surface area contributed by atoms with Crippen LogP contribution in [0.4, 0.5) is 0 Å². The molecular formula is C12H7Cl2NO2S. The van der Waals surface area contributed by atoms with Crippen molar-refractivity contribution < 1.29 is 9.53 Å². The highest BCUT2D eigenvalue weighted by Gasteiger charge is 2.11. The highest BCUT2D eigenvalue weighted by atomic mass is 35.5. The van der Waals surface area contributed by atoms with Crippen LogP contribution in [0.1, 0.15) is 10.4 Å². The van der Waals surface area contributed by atoms with E-state index in [0.717, 1.165) is 4.90 Å². The summed E-state index contributed by atoms with van der Waals surface area (Å²) in [6.07, 6.45) is 0. The molecule has 3 nitrogen and oxygen atoms in total. The van der Waals surface area contributed by atoms with Gasteiger partial charge in [-0.2, -0.15) is 0 Å². The number of aromatic nitrogens is 1. The number of pyridine rings is 1. The SMILES string of the molecule is O=C(Oc1ccc(S)cc1)c1cc(Cl)nc(Cl)c1. The molecule has 2 rings (SSSR count). The number of carbonyl (C=O) groups is 1. The second-order valence-electron chi connectivity index (χ2n) is 3.38. The monoisotopic (exact) mass is 299 g/mol. The van der Waals surface area contributed by atoms with Crippen molar-refractivity contribution in [3.8, 4) is 5.75 Å². The van der Waals surface area contributed by atoms with E-state index in [1.54, 1.807) is 24.3 Å². The van der Waals surface area contributed by atoms with E-state index in [0.29, 0.717) is 5.75 Å². The largest absolute Gasteiger partial charge is 0.423 e. The van der Waals surface area contributed by atoms with Gasteiger partial charge in [-0.15, -0.1) is 12.6 Å². The van der Waals surface area contributed by atoms with E-state index < -0.39 is 5.97 Å². The minimum atomic E-state index is -0.548. The molecule has 0 N–H and O–H groups in total. The molecule has 1 aromatic heterocycles. The molecule has 1 aromatic carbocycles. The van der Waals surface area contributed by atoms with Gasteiger partial charge in [0.15, 0.2) is 0 Å². The number of thiol groups is 1. The van der Waals surface area contributed by atoms with Gasteiger partial charge in [-0.25, -0.2) is 9.78 Å². The first kappa shape index (κ1) is 13.2. The Bertz CT molecular complexity index is 567. The van der Waals surface area contributed by atoms with Crippen molar-refractivity contribution in [3.05, 3.63) is 52.3 Å². The van der Waals surface area contributed by atoms with Crippen LogP contribution in [0.25, 0.3) is 0 Å². The Hall–Kier alpha value is -1.23. The fourth-order valence-electron chi connectivity index (χ4n) is 1.26. The summed E-state index contributed by atoms with van der Waals surface area (Å²) < 4.78 is 5.15. The fraction of sp³-hybridized carbons (Fsp3) is 0. The molecule has 0 unspecified atom stereocenters. The molecule has 0 radical (unpaired) electrons. The average Bonchev–Trinajstić information content (AvgIpc) is 2.31. The highest BCUT2D eigenvalue weighted by molar-refractivity contribution is 7.80. The normalized spacial score (nSPS) is 10.2. The molecule has 0 aliphatic heterocycles. The number of halogens is 2. The molecule has 2 aromatic rings. The van der Waals surface area contributed by atoms with E-state index in [-0.39, 0.29) is 15.9 Å². The summed E-state index contributed by atoms with van der Waals surface area (Å²) in [5, 5.41) is 0.278. The first-order valence-electron chi connectivity index (χ1n) is 4.89. The van der Waals surface area contributed by atoms with E-state index in [9.17, 15) is 4.79 Å². The Labute approximate surface area is 119 Å². The summed E-state index contributed by atoms with van der Waals surface area (Å²) >= 11 is 15.5. The van der Waals surface area contributed by atoms with E-state index in [1.807, 2.05) is 0 Å². The van der Waals surface area contributed by atoms with Gasteiger partial charge in [0.2, 0.25) is 0 Å². The summed E-state index contributed by atoms with van der Waals surface area (Å²) in [6, 6.07) is 9.51. The van der Waals surface area contributed by atoms with Gasteiger partial charge in [-0.1, -0.05) is 23.2 Å². The van der Waals surface area contributed by atoms with E-state index in [4.69, 9.17) is 27.9 Å². The van der Waals surface area contributed by atoms with Crippen molar-refractivity contribution in [2.75, 3.05) is 0 Å². The van der Waals surface area contributed by atoms with Crippen LogP contribution in [0.3, 0.4) is 0 Å². The molecule has 0 fully saturated rings. The predicted octanol–water partition coefficient (Wildman–Crippen LogP) is 3.90. The van der Waals surface area contributed by atoms with Crippen LogP contribution in [0, 0.1) is 0 Å². The van der Waals surface area contributed by atoms with E-state index in [2.05, 4.69) is 17.6 Å². The van der Waals surface area contributed by atoms with Crippen LogP contribution in [0.2, 0.25) is 10.3 Å². The number of carbonyl (C=O) groups excluding carboxylic acids is 1. The fourth-order valence-corrected chi connectivity index (χ4v) is 1.87. The summed E-state index contributed by atoms with van der Waals surface area (Å²) in [5.74, 6) is -0.130. The van der Waals surface area contributed by atoms with Gasteiger partial charge in [0.05, 0.1) is 5.56 Å². The van der Waals surface area contributed by atoms with Gasteiger partial charge in [0.25, 0.3) is 0 Å². The van der Waals surface area contributed by atoms with Crippen LogP contribution in [-0.2, 0) is 0 Å². The molecule has 6 heteroatoms. The summed E-state index contributed by atoms with van der Waals surface area (Å²) in [5.41, 5.74) is 0.245. The van der Waals surface area contributed by atoms with Crippen molar-refractivity contribution in [3.63, 3.8) is 0 Å². The molecule has 0 atom stereocenters. The van der Waals surface area contributed by atoms with Crippen molar-refractivity contribution in [1.82, 2.24) is 4.98 Å². The lowest BCUT2D eigenvalue weighted by Gasteiger charge is -2.05. The van der Waals surface area contributed by atoms with Crippen LogP contribution >= 0.6 is 35.8 Å². The lowest BCUT2D eigenvalue weighted by molar-refractivity contribution is 0.0734. The Kier molecular flexibility index (Phi) is 4.11. The standard InChI is InChI=1S/C12H7Cl2NO2S/c13-10-5-7(6-11(14)15-10)12(16)17-8-1-3-9(18)4-2-8/h1-6,18H. The lowest BCUT2D eigenvalue weighted by atomic mass is 10.3. The number of benzene rings is 1. The Morgan fingerprint density at radius 1 is 1.11 bits per heavy atom. The predicted molar refractivity (Wildman–Crippen MR) is 72.9 cm³/mol. The Balaban J connectivity index is 2.19.